The first-order valence-electron chi connectivity index (χ1n) is 17.8. The molecule has 0 radical (unpaired) electrons. The average Bonchev–Trinajstić information content (AvgIpc) is 3.18. The van der Waals surface area contributed by atoms with Gasteiger partial charge in [-0.2, -0.15) is 10.2 Å². The zero-order chi connectivity index (χ0) is 35.4. The molecule has 0 aliphatic carbocycles. The second-order valence-electron chi connectivity index (χ2n) is 12.7. The molecule has 0 spiro atoms. The lowest BCUT2D eigenvalue weighted by atomic mass is 10.00. The van der Waals surface area contributed by atoms with Crippen LogP contribution in [0.5, 0.6) is 11.5 Å². The quantitative estimate of drug-likeness (QED) is 0.0847. The van der Waals surface area contributed by atoms with Crippen LogP contribution in [-0.4, -0.2) is 29.5 Å². The summed E-state index contributed by atoms with van der Waals surface area (Å²) in [7, 11) is 0. The Morgan fingerprint density at radius 1 is 0.706 bits per heavy atom. The van der Waals surface area contributed by atoms with Gasteiger partial charge in [0.25, 0.3) is 0 Å². The van der Waals surface area contributed by atoms with Gasteiger partial charge in [0.05, 0.1) is 18.0 Å². The Bertz CT molecular complexity index is 1940. The van der Waals surface area contributed by atoms with Crippen molar-refractivity contribution in [1.29, 1.82) is 0 Å². The number of nitrogens with zero attached hydrogens (tertiary/aromatic N) is 2. The second-order valence-corrected chi connectivity index (χ2v) is 12.7. The lowest BCUT2D eigenvalue weighted by Crippen LogP contribution is -2.36. The minimum absolute atomic E-state index is 0.0594. The van der Waals surface area contributed by atoms with E-state index in [0.29, 0.717) is 18.0 Å². The number of anilines is 1. The van der Waals surface area contributed by atoms with Gasteiger partial charge in [0, 0.05) is 11.6 Å². The summed E-state index contributed by atoms with van der Waals surface area (Å²) >= 11 is 0. The molecule has 1 aliphatic heterocycles. The zero-order valence-corrected chi connectivity index (χ0v) is 29.3. The molecule has 7 heteroatoms. The number of aromatic hydroxyl groups is 1. The summed E-state index contributed by atoms with van der Waals surface area (Å²) in [5.74, 6) is -0.133. The molecule has 0 fully saturated rings. The monoisotopic (exact) mass is 679 g/mol. The maximum atomic E-state index is 12.6. The third-order valence-corrected chi connectivity index (χ3v) is 8.87. The van der Waals surface area contributed by atoms with Gasteiger partial charge in [-0.3, -0.25) is 5.43 Å². The molecule has 7 nitrogen and oxygen atoms in total. The van der Waals surface area contributed by atoms with Gasteiger partial charge >= 0.3 is 5.97 Å². The number of hydrazine groups is 1. The molecule has 1 aliphatic rings. The zero-order valence-electron chi connectivity index (χ0n) is 29.3. The summed E-state index contributed by atoms with van der Waals surface area (Å²) in [5, 5.41) is 17.7. The van der Waals surface area contributed by atoms with Crippen LogP contribution < -0.4 is 15.3 Å². The Morgan fingerprint density at radius 3 is 1.86 bits per heavy atom. The first-order valence-corrected chi connectivity index (χ1v) is 17.8. The Kier molecular flexibility index (Phi) is 11.8. The SMILES string of the molecule is CCCCCCCCOC(=O)C(C)Oc1ccc(N2N=C(c3ccc(-c4ccccc4)cc3)C=C(c3ccc(-c4ccccc4)cc3)N2)c(O)c1. The van der Waals surface area contributed by atoms with Gasteiger partial charge in [-0.25, -0.2) is 4.79 Å². The van der Waals surface area contributed by atoms with Crippen molar-refractivity contribution in [1.82, 2.24) is 5.43 Å². The van der Waals surface area contributed by atoms with Crippen LogP contribution >= 0.6 is 0 Å². The van der Waals surface area contributed by atoms with Gasteiger partial charge < -0.3 is 14.6 Å². The van der Waals surface area contributed by atoms with E-state index in [2.05, 4.69) is 85.1 Å². The highest BCUT2D eigenvalue weighted by molar-refractivity contribution is 6.13. The number of esters is 1. The fourth-order valence-electron chi connectivity index (χ4n) is 5.97. The summed E-state index contributed by atoms with van der Waals surface area (Å²) in [5.41, 5.74) is 11.7. The van der Waals surface area contributed by atoms with E-state index in [1.165, 1.54) is 25.3 Å². The predicted octanol–water partition coefficient (Wildman–Crippen LogP) is 10.2. The number of carbonyl (C=O) groups is 1. The maximum absolute atomic E-state index is 12.6. The molecule has 0 saturated carbocycles. The molecule has 51 heavy (non-hydrogen) atoms. The number of carbonyl (C=O) groups excluding carboxylic acids is 1. The number of rotatable bonds is 15. The van der Waals surface area contributed by atoms with Gasteiger partial charge in [0.2, 0.25) is 0 Å². The largest absolute Gasteiger partial charge is 0.505 e. The molecule has 1 heterocycles. The summed E-state index contributed by atoms with van der Waals surface area (Å²) in [6.45, 7) is 4.22. The van der Waals surface area contributed by atoms with Crippen molar-refractivity contribution >= 4 is 23.1 Å². The molecular formula is C44H45N3O4. The van der Waals surface area contributed by atoms with E-state index < -0.39 is 12.1 Å². The topological polar surface area (TPSA) is 83.4 Å². The minimum atomic E-state index is -0.819. The van der Waals surface area contributed by atoms with Crippen LogP contribution in [0, 0.1) is 0 Å². The summed E-state index contributed by atoms with van der Waals surface area (Å²) < 4.78 is 11.3. The second kappa shape index (κ2) is 17.2. The van der Waals surface area contributed by atoms with E-state index in [-0.39, 0.29) is 5.75 Å². The van der Waals surface area contributed by atoms with Gasteiger partial charge in [-0.1, -0.05) is 148 Å². The standard InChI is InChI=1S/C44H45N3O4/c1-3-4-5-6-7-14-29-50-44(49)32(2)51-39-27-28-42(43(48)30-39)47-45-40(37-23-19-35(20-24-37)33-15-10-8-11-16-33)31-41(46-47)38-25-21-36(22-26-38)34-17-12-9-13-18-34/h8-13,15-28,30-32,45,48H,3-7,14,29H2,1-2H3. The van der Waals surface area contributed by atoms with Crippen molar-refractivity contribution < 1.29 is 19.4 Å². The van der Waals surface area contributed by atoms with E-state index in [4.69, 9.17) is 14.6 Å². The third-order valence-electron chi connectivity index (χ3n) is 8.87. The molecule has 0 aromatic heterocycles. The molecule has 5 aromatic carbocycles. The van der Waals surface area contributed by atoms with Gasteiger partial charge in [0.15, 0.2) is 6.10 Å². The van der Waals surface area contributed by atoms with Gasteiger partial charge in [-0.05, 0) is 59.4 Å². The molecule has 0 amide bonds. The summed E-state index contributed by atoms with van der Waals surface area (Å²) in [6.07, 6.45) is 7.88. The number of ether oxygens (including phenoxy) is 2. The van der Waals surface area contributed by atoms with E-state index in [1.807, 2.05) is 42.5 Å². The first kappa shape index (κ1) is 35.0. The van der Waals surface area contributed by atoms with Gasteiger partial charge in [-0.15, -0.1) is 0 Å². The Labute approximate surface area is 300 Å². The van der Waals surface area contributed by atoms with Crippen LogP contribution in [0.2, 0.25) is 0 Å². The fraction of sp³-hybridized carbons (Fsp3) is 0.227. The highest BCUT2D eigenvalue weighted by Crippen LogP contribution is 2.34. The van der Waals surface area contributed by atoms with E-state index >= 15 is 0 Å². The molecule has 1 atom stereocenters. The number of nitrogens with one attached hydrogen (secondary N) is 1. The summed E-state index contributed by atoms with van der Waals surface area (Å²) in [4.78, 5) is 12.6. The van der Waals surface area contributed by atoms with Crippen LogP contribution in [0.4, 0.5) is 5.69 Å². The number of unbranched alkanes of at least 4 members (excludes halogenated alkanes) is 5. The third kappa shape index (κ3) is 9.25. The van der Waals surface area contributed by atoms with E-state index in [0.717, 1.165) is 64.1 Å². The summed E-state index contributed by atoms with van der Waals surface area (Å²) in [6, 6.07) is 42.1. The Morgan fingerprint density at radius 2 is 1.25 bits per heavy atom. The number of hydrazone groups is 1. The molecule has 0 bridgehead atoms. The first-order chi connectivity index (χ1) is 25.0. The number of phenolic OH excluding ortho intramolecular Hbond substituents is 1. The molecule has 1 unspecified atom stereocenters. The number of hydrogen-bond acceptors (Lipinski definition) is 7. The number of phenols is 1. The maximum Gasteiger partial charge on any atom is 0.347 e. The highest BCUT2D eigenvalue weighted by atomic mass is 16.6. The highest BCUT2D eigenvalue weighted by Gasteiger charge is 2.22. The molecular weight excluding hydrogens is 635 g/mol. The van der Waals surface area contributed by atoms with E-state index in [9.17, 15) is 9.90 Å². The molecule has 0 saturated heterocycles. The van der Waals surface area contributed by atoms with Crippen molar-refractivity contribution in [2.24, 2.45) is 5.10 Å². The molecule has 6 rings (SSSR count). The van der Waals surface area contributed by atoms with Crippen LogP contribution in [0.3, 0.4) is 0 Å². The number of allylic oxidation sites excluding steroid dienone is 1. The van der Waals surface area contributed by atoms with Crippen molar-refractivity contribution in [3.63, 3.8) is 0 Å². The molecule has 260 valence electrons. The number of benzene rings is 5. The van der Waals surface area contributed by atoms with Crippen molar-refractivity contribution in [3.8, 4) is 33.8 Å². The van der Waals surface area contributed by atoms with Crippen LogP contribution in [0.1, 0.15) is 63.5 Å². The lowest BCUT2D eigenvalue weighted by molar-refractivity contribution is -0.151. The minimum Gasteiger partial charge on any atom is -0.505 e. The van der Waals surface area contributed by atoms with Crippen molar-refractivity contribution in [2.45, 2.75) is 58.5 Å². The van der Waals surface area contributed by atoms with Crippen LogP contribution in [0.25, 0.3) is 28.0 Å². The predicted molar refractivity (Wildman–Crippen MR) is 206 cm³/mol. The van der Waals surface area contributed by atoms with Crippen LogP contribution in [-0.2, 0) is 9.53 Å². The van der Waals surface area contributed by atoms with Crippen LogP contribution in [0.15, 0.2) is 139 Å². The van der Waals surface area contributed by atoms with E-state index in [1.54, 1.807) is 24.2 Å². The number of hydrogen-bond donors (Lipinski definition) is 2. The normalized spacial score (nSPS) is 13.1. The van der Waals surface area contributed by atoms with Gasteiger partial charge in [0.1, 0.15) is 17.2 Å². The van der Waals surface area contributed by atoms with Crippen molar-refractivity contribution in [3.05, 3.63) is 145 Å². The van der Waals surface area contributed by atoms with Crippen molar-refractivity contribution in [2.75, 3.05) is 11.7 Å². The average molecular weight is 680 g/mol. The Hall–Kier alpha value is -5.82. The Balaban J connectivity index is 1.20. The molecule has 2 N–H and O–H groups in total. The fourth-order valence-corrected chi connectivity index (χ4v) is 5.97. The lowest BCUT2D eigenvalue weighted by Gasteiger charge is -2.28. The molecule has 5 aromatic rings. The smallest absolute Gasteiger partial charge is 0.347 e.